The molecule has 1 saturated carbocycles. The lowest BCUT2D eigenvalue weighted by atomic mass is 9.86. The van der Waals surface area contributed by atoms with Gasteiger partial charge in [-0.1, -0.05) is 87.5 Å². The molecule has 2 aliphatic rings. The van der Waals surface area contributed by atoms with E-state index in [1.165, 1.54) is 17.0 Å². The molecule has 1 amide bonds. The molecular weight excluding hydrogens is 621 g/mol. The van der Waals surface area contributed by atoms with Gasteiger partial charge in [0.05, 0.1) is 26.6 Å². The minimum Gasteiger partial charge on any atom is -0.331 e. The van der Waals surface area contributed by atoms with Gasteiger partial charge in [-0.05, 0) is 61.4 Å². The molecule has 44 heavy (non-hydrogen) atoms. The van der Waals surface area contributed by atoms with Gasteiger partial charge >= 0.3 is 0 Å². The Morgan fingerprint density at radius 2 is 1.57 bits per heavy atom. The topological polar surface area (TPSA) is 106 Å². The van der Waals surface area contributed by atoms with Crippen LogP contribution in [0.15, 0.2) is 53.4 Å². The summed E-state index contributed by atoms with van der Waals surface area (Å²) in [5.41, 5.74) is -0.0998. The summed E-state index contributed by atoms with van der Waals surface area (Å²) in [6.07, 6.45) is 3.62. The zero-order valence-corrected chi connectivity index (χ0v) is 27.9. The fourth-order valence-corrected chi connectivity index (χ4v) is 8.84. The molecule has 0 bridgehead atoms. The third-order valence-corrected chi connectivity index (χ3v) is 12.0. The number of halogens is 2. The van der Waals surface area contributed by atoms with Crippen molar-refractivity contribution >= 4 is 56.3 Å². The van der Waals surface area contributed by atoms with Crippen LogP contribution in [0.1, 0.15) is 84.1 Å². The molecule has 1 unspecified atom stereocenters. The van der Waals surface area contributed by atoms with Gasteiger partial charge in [-0.15, -0.1) is 0 Å². The first-order valence-corrected chi connectivity index (χ1v) is 17.8. The molecule has 2 aromatic carbocycles. The van der Waals surface area contributed by atoms with E-state index in [-0.39, 0.29) is 47.6 Å². The molecule has 4 atom stereocenters. The van der Waals surface area contributed by atoms with Crippen LogP contribution in [0.3, 0.4) is 0 Å². The van der Waals surface area contributed by atoms with E-state index in [1.54, 1.807) is 36.4 Å². The zero-order valence-electron chi connectivity index (χ0n) is 25.6. The number of hydrogen-bond donors (Lipinski definition) is 0. The molecule has 0 N–H and O–H groups in total. The highest BCUT2D eigenvalue weighted by atomic mass is 35.5. The summed E-state index contributed by atoms with van der Waals surface area (Å²) in [6, 6.07) is 12.1. The largest absolute Gasteiger partial charge is 0.331 e. The van der Waals surface area contributed by atoms with Crippen LogP contribution in [-0.2, 0) is 34.4 Å². The third-order valence-electron chi connectivity index (χ3n) is 9.08. The Bertz CT molecular complexity index is 1500. The Hall–Kier alpha value is -2.55. The zero-order chi connectivity index (χ0) is 32.2. The molecule has 0 radical (unpaired) electrons. The number of Topliss-reactive ketones (excluding diaryl/α,β-unsaturated/α-hetero) is 3. The predicted octanol–water partition coefficient (Wildman–Crippen LogP) is 6.81. The van der Waals surface area contributed by atoms with Crippen LogP contribution in [0.2, 0.25) is 10.0 Å². The number of ketones is 3. The first kappa shape index (κ1) is 34.3. The maximum atomic E-state index is 14.2. The van der Waals surface area contributed by atoms with Gasteiger partial charge in [-0.2, -0.15) is 0 Å². The lowest BCUT2D eigenvalue weighted by Crippen LogP contribution is -2.46. The van der Waals surface area contributed by atoms with Crippen molar-refractivity contribution in [3.63, 3.8) is 0 Å². The molecule has 0 aromatic heterocycles. The minimum absolute atomic E-state index is 0.0446. The van der Waals surface area contributed by atoms with Crippen molar-refractivity contribution in [2.24, 2.45) is 11.8 Å². The molecular formula is C34H41Cl2NO6S. The van der Waals surface area contributed by atoms with E-state index in [0.29, 0.717) is 30.7 Å². The Morgan fingerprint density at radius 3 is 2.16 bits per heavy atom. The SMILES string of the molecule is CCCC(C)CC(=O)C(=O)[C@H](CCC)CC(=O)[C@@H]1C[C@@H](S(=O)(=O)c2ccccc2Cl)CN1C(=O)C1(c2ccc(Cl)cc2)CC1. The fourth-order valence-electron chi connectivity index (χ4n) is 6.49. The van der Waals surface area contributed by atoms with Crippen LogP contribution in [0, 0.1) is 11.8 Å². The summed E-state index contributed by atoms with van der Waals surface area (Å²) < 4.78 is 27.6. The molecule has 0 spiro atoms. The van der Waals surface area contributed by atoms with Gasteiger partial charge in [-0.25, -0.2) is 8.42 Å². The highest BCUT2D eigenvalue weighted by Crippen LogP contribution is 2.51. The molecule has 2 aromatic rings. The van der Waals surface area contributed by atoms with Crippen LogP contribution in [-0.4, -0.2) is 54.4 Å². The van der Waals surface area contributed by atoms with Crippen molar-refractivity contribution in [2.45, 2.75) is 100 Å². The van der Waals surface area contributed by atoms with Crippen molar-refractivity contribution in [3.05, 3.63) is 64.1 Å². The number of carbonyl (C=O) groups excluding carboxylic acids is 4. The van der Waals surface area contributed by atoms with Crippen molar-refractivity contribution in [3.8, 4) is 0 Å². The number of likely N-dealkylation sites (tertiary alicyclic amines) is 1. The number of benzene rings is 2. The average molecular weight is 663 g/mol. The normalized spacial score (nSPS) is 20.6. The van der Waals surface area contributed by atoms with Crippen molar-refractivity contribution in [2.75, 3.05) is 6.54 Å². The molecule has 2 fully saturated rings. The summed E-state index contributed by atoms with van der Waals surface area (Å²) in [7, 11) is -4.00. The number of sulfone groups is 1. The smallest absolute Gasteiger partial charge is 0.233 e. The molecule has 1 saturated heterocycles. The summed E-state index contributed by atoms with van der Waals surface area (Å²) in [6.45, 7) is 5.67. The summed E-state index contributed by atoms with van der Waals surface area (Å²) in [5, 5.41) is -0.454. The van der Waals surface area contributed by atoms with Gasteiger partial charge in [0.2, 0.25) is 11.7 Å². The Balaban J connectivity index is 1.64. The van der Waals surface area contributed by atoms with Crippen LogP contribution < -0.4 is 0 Å². The molecule has 7 nitrogen and oxygen atoms in total. The van der Waals surface area contributed by atoms with Gasteiger partial charge in [0.15, 0.2) is 21.4 Å². The standard InChI is InChI=1S/C34H41Cl2NO6S/c1-4-8-22(3)18-30(39)32(40)23(9-5-2)19-29(38)28-20-26(44(42,43)31-11-7-6-10-27(31)36)21-37(28)33(41)34(16-17-34)24-12-14-25(35)15-13-24/h6-7,10-15,22-23,26,28H,4-5,8-9,16-21H2,1-3H3/t22?,23-,26-,28+/m1/s1. The van der Waals surface area contributed by atoms with E-state index in [0.717, 1.165) is 18.4 Å². The number of nitrogens with zero attached hydrogens (tertiary/aromatic N) is 1. The first-order chi connectivity index (χ1) is 20.8. The molecule has 1 aliphatic heterocycles. The van der Waals surface area contributed by atoms with Crippen LogP contribution in [0.5, 0.6) is 0 Å². The van der Waals surface area contributed by atoms with Gasteiger partial charge in [0.25, 0.3) is 0 Å². The van der Waals surface area contributed by atoms with Crippen LogP contribution in [0.25, 0.3) is 0 Å². The quantitative estimate of drug-likeness (QED) is 0.194. The molecule has 4 rings (SSSR count). The van der Waals surface area contributed by atoms with Crippen LogP contribution >= 0.6 is 23.2 Å². The van der Waals surface area contributed by atoms with Crippen molar-refractivity contribution in [1.82, 2.24) is 4.90 Å². The summed E-state index contributed by atoms with van der Waals surface area (Å²) in [4.78, 5) is 55.8. The minimum atomic E-state index is -4.00. The Labute approximate surface area is 270 Å². The predicted molar refractivity (Wildman–Crippen MR) is 172 cm³/mol. The molecule has 1 heterocycles. The second kappa shape index (κ2) is 14.3. The van der Waals surface area contributed by atoms with Crippen molar-refractivity contribution < 1.29 is 27.6 Å². The maximum Gasteiger partial charge on any atom is 0.233 e. The second-order valence-electron chi connectivity index (χ2n) is 12.4. The van der Waals surface area contributed by atoms with E-state index in [9.17, 15) is 27.6 Å². The Kier molecular flexibility index (Phi) is 11.1. The van der Waals surface area contributed by atoms with Gasteiger partial charge in [0, 0.05) is 30.3 Å². The monoisotopic (exact) mass is 661 g/mol. The number of carbonyl (C=O) groups is 4. The first-order valence-electron chi connectivity index (χ1n) is 15.5. The molecule has 238 valence electrons. The van der Waals surface area contributed by atoms with Gasteiger partial charge in [-0.3, -0.25) is 19.2 Å². The third kappa shape index (κ3) is 7.29. The molecule has 1 aliphatic carbocycles. The second-order valence-corrected chi connectivity index (χ2v) is 15.5. The average Bonchev–Trinajstić information content (AvgIpc) is 3.66. The summed E-state index contributed by atoms with van der Waals surface area (Å²) >= 11 is 12.4. The Morgan fingerprint density at radius 1 is 0.932 bits per heavy atom. The fraction of sp³-hybridized carbons (Fsp3) is 0.529. The summed E-state index contributed by atoms with van der Waals surface area (Å²) in [5.74, 6) is -2.48. The molecule has 10 heteroatoms. The number of amides is 1. The highest BCUT2D eigenvalue weighted by Gasteiger charge is 2.57. The maximum absolute atomic E-state index is 14.2. The van der Waals surface area contributed by atoms with E-state index >= 15 is 0 Å². The van der Waals surface area contributed by atoms with E-state index in [4.69, 9.17) is 23.2 Å². The van der Waals surface area contributed by atoms with E-state index < -0.39 is 49.8 Å². The van der Waals surface area contributed by atoms with Crippen molar-refractivity contribution in [1.29, 1.82) is 0 Å². The van der Waals surface area contributed by atoms with E-state index in [1.807, 2.05) is 20.8 Å². The number of rotatable bonds is 15. The highest BCUT2D eigenvalue weighted by molar-refractivity contribution is 7.92. The lowest BCUT2D eigenvalue weighted by Gasteiger charge is -2.29. The number of hydrogen-bond acceptors (Lipinski definition) is 6. The van der Waals surface area contributed by atoms with Gasteiger partial charge < -0.3 is 4.90 Å². The van der Waals surface area contributed by atoms with Crippen LogP contribution in [0.4, 0.5) is 0 Å². The lowest BCUT2D eigenvalue weighted by molar-refractivity contribution is -0.142. The van der Waals surface area contributed by atoms with E-state index in [2.05, 4.69) is 0 Å². The van der Waals surface area contributed by atoms with Gasteiger partial charge in [0.1, 0.15) is 0 Å².